The van der Waals surface area contributed by atoms with Gasteiger partial charge >= 0.3 is 6.03 Å². The third kappa shape index (κ3) is 5.93. The number of carbonyl (C=O) groups is 2. The molecule has 0 saturated heterocycles. The molecule has 7 fully saturated rings. The number of benzene rings is 3. The Morgan fingerprint density at radius 1 is 0.721 bits per heavy atom. The molecule has 2 amide bonds. The minimum atomic E-state index is -1.12. The maximum atomic E-state index is 15.3. The second-order valence-electron chi connectivity index (χ2n) is 22.4. The number of carbonyl (C=O) groups excluding carboxylic acids is 2. The number of hydrogen-bond acceptors (Lipinski definition) is 4. The van der Waals surface area contributed by atoms with E-state index < -0.39 is 27.9 Å². The molecule has 6 heteroatoms. The Labute approximate surface area is 363 Å². The van der Waals surface area contributed by atoms with Gasteiger partial charge in [-0.25, -0.2) is 4.79 Å². The Kier molecular flexibility index (Phi) is 9.14. The standard InChI is InChI=1S/C55H66N2O4/c1-36(40-10-6-4-7-11-40)56-49(60)57(34-52-29-37-26-38(30-52)28-39(27-37)31-52)35-54(61)23-20-47-51(54,3)22-19-46-50(2)21-18-44(58)32-53(50)24-25-55(46,47)45(33-53)48(59)43-16-14-42(15-17-43)41-12-8-5-9-13-41/h4-17,24-25,33,36-39,44,46-47,58,61H,18-23,26-32,34-35H2,1-3H3,(H,56,60)/t36-,37?,38?,39?,44?,46-,47-,50-,51+,52?,53+,54-,55-/m1/s1. The number of ketones is 1. The maximum absolute atomic E-state index is 15.3. The average Bonchev–Trinajstić information content (AvgIpc) is 3.52. The number of aliphatic hydroxyl groups is 2. The molecule has 2 spiro atoms. The highest BCUT2D eigenvalue weighted by molar-refractivity contribution is 6.10. The van der Waals surface area contributed by atoms with E-state index in [0.717, 1.165) is 72.1 Å². The molecule has 9 atom stereocenters. The lowest BCUT2D eigenvalue weighted by molar-refractivity contribution is -0.176. The van der Waals surface area contributed by atoms with Gasteiger partial charge in [0.2, 0.25) is 0 Å². The summed E-state index contributed by atoms with van der Waals surface area (Å²) in [4.78, 5) is 32.3. The molecular weight excluding hydrogens is 753 g/mol. The highest BCUT2D eigenvalue weighted by Gasteiger charge is 2.74. The van der Waals surface area contributed by atoms with Crippen LogP contribution in [0.5, 0.6) is 0 Å². The van der Waals surface area contributed by atoms with Crippen LogP contribution < -0.4 is 5.32 Å². The minimum absolute atomic E-state index is 0.0217. The first-order chi connectivity index (χ1) is 29.3. The van der Waals surface area contributed by atoms with E-state index in [1.165, 1.54) is 38.5 Å². The highest BCUT2D eigenvalue weighted by atomic mass is 16.3. The number of aliphatic hydroxyl groups excluding tert-OH is 1. The smallest absolute Gasteiger partial charge is 0.317 e. The molecule has 3 aromatic carbocycles. The first-order valence-corrected chi connectivity index (χ1v) is 23.9. The topological polar surface area (TPSA) is 89.9 Å². The predicted octanol–water partition coefficient (Wildman–Crippen LogP) is 11.1. The molecule has 61 heavy (non-hydrogen) atoms. The van der Waals surface area contributed by atoms with E-state index in [0.29, 0.717) is 31.5 Å². The second-order valence-corrected chi connectivity index (χ2v) is 22.4. The molecule has 1 unspecified atom stereocenters. The van der Waals surface area contributed by atoms with E-state index in [1.54, 1.807) is 0 Å². The summed E-state index contributed by atoms with van der Waals surface area (Å²) in [7, 11) is 0. The first-order valence-electron chi connectivity index (χ1n) is 23.9. The number of rotatable bonds is 9. The van der Waals surface area contributed by atoms with Crippen molar-refractivity contribution in [1.29, 1.82) is 0 Å². The number of fused-ring (bicyclic) bond motifs is 1. The number of nitrogens with one attached hydrogen (secondary N) is 1. The van der Waals surface area contributed by atoms with Crippen molar-refractivity contribution in [2.24, 2.45) is 56.7 Å². The SMILES string of the molecule is C[C@@H](NC(=O)N(CC12CC3CC(CC(C3)C1)C2)C[C@]1(O)CC[C@H]2[C@]34C=C[C@@]5(C=C3C(=O)c3ccc(-c6ccccc6)cc3)CC(O)CC[C@]5(C)[C@H]4CC[C@@]21C)c1ccccc1. The molecule has 6 bridgehead atoms. The van der Waals surface area contributed by atoms with Crippen LogP contribution in [-0.4, -0.2) is 51.7 Å². The first kappa shape index (κ1) is 39.8. The van der Waals surface area contributed by atoms with Crippen molar-refractivity contribution in [3.8, 4) is 11.1 Å². The predicted molar refractivity (Wildman–Crippen MR) is 240 cm³/mol. The molecule has 3 N–H and O–H groups in total. The van der Waals surface area contributed by atoms with Gasteiger partial charge in [0.1, 0.15) is 0 Å². The lowest BCUT2D eigenvalue weighted by Crippen LogP contribution is -2.67. The maximum Gasteiger partial charge on any atom is 0.317 e. The number of amides is 2. The average molecular weight is 819 g/mol. The molecule has 3 aromatic rings. The van der Waals surface area contributed by atoms with E-state index in [9.17, 15) is 15.0 Å². The van der Waals surface area contributed by atoms with Gasteiger partial charge in [-0.1, -0.05) is 117 Å². The second kappa shape index (κ2) is 14.0. The molecule has 0 aliphatic heterocycles. The Bertz CT molecular complexity index is 2230. The Hall–Kier alpha value is -4.00. The summed E-state index contributed by atoms with van der Waals surface area (Å²) in [6, 6.07) is 28.5. The van der Waals surface area contributed by atoms with Crippen LogP contribution in [0.1, 0.15) is 126 Å². The third-order valence-corrected chi connectivity index (χ3v) is 19.3. The molecule has 10 aliphatic carbocycles. The van der Waals surface area contributed by atoms with Crippen molar-refractivity contribution in [2.75, 3.05) is 13.1 Å². The van der Waals surface area contributed by atoms with Gasteiger partial charge in [-0.3, -0.25) is 4.79 Å². The van der Waals surface area contributed by atoms with Crippen molar-refractivity contribution in [3.63, 3.8) is 0 Å². The summed E-state index contributed by atoms with van der Waals surface area (Å²) >= 11 is 0. The summed E-state index contributed by atoms with van der Waals surface area (Å²) < 4.78 is 0. The van der Waals surface area contributed by atoms with Crippen molar-refractivity contribution in [1.82, 2.24) is 10.2 Å². The van der Waals surface area contributed by atoms with Gasteiger partial charge in [0.05, 0.1) is 24.3 Å². The summed E-state index contributed by atoms with van der Waals surface area (Å²) in [6.07, 6.45) is 19.8. The van der Waals surface area contributed by atoms with Gasteiger partial charge in [-0.05, 0) is 148 Å². The molecule has 13 rings (SSSR count). The molecule has 0 radical (unpaired) electrons. The van der Waals surface area contributed by atoms with Crippen LogP contribution in [0.15, 0.2) is 109 Å². The summed E-state index contributed by atoms with van der Waals surface area (Å²) in [5.41, 5.74) is 2.26. The molecule has 0 aromatic heterocycles. The zero-order valence-corrected chi connectivity index (χ0v) is 36.6. The van der Waals surface area contributed by atoms with Crippen LogP contribution in [-0.2, 0) is 0 Å². The van der Waals surface area contributed by atoms with Gasteiger partial charge in [0.15, 0.2) is 5.78 Å². The van der Waals surface area contributed by atoms with Crippen molar-refractivity contribution < 1.29 is 19.8 Å². The van der Waals surface area contributed by atoms with E-state index >= 15 is 4.79 Å². The van der Waals surface area contributed by atoms with Crippen molar-refractivity contribution >= 4 is 11.8 Å². The fourth-order valence-electron chi connectivity index (χ4n) is 16.7. The summed E-state index contributed by atoms with van der Waals surface area (Å²) in [5, 5.41) is 28.2. The molecule has 10 aliphatic rings. The van der Waals surface area contributed by atoms with Gasteiger partial charge in [-0.2, -0.15) is 0 Å². The zero-order valence-electron chi connectivity index (χ0n) is 36.6. The van der Waals surface area contributed by atoms with Crippen LogP contribution >= 0.6 is 0 Å². The lowest BCUT2D eigenvalue weighted by Gasteiger charge is -2.71. The monoisotopic (exact) mass is 819 g/mol. The number of Topliss-reactive ketones (excluding diaryl/α,β-unsaturated/α-hetero) is 1. The quantitative estimate of drug-likeness (QED) is 0.148. The Morgan fingerprint density at radius 3 is 1.98 bits per heavy atom. The molecule has 0 heterocycles. The van der Waals surface area contributed by atoms with Gasteiger partial charge < -0.3 is 20.4 Å². The van der Waals surface area contributed by atoms with Gasteiger partial charge in [-0.15, -0.1) is 0 Å². The Morgan fingerprint density at radius 2 is 1.31 bits per heavy atom. The van der Waals surface area contributed by atoms with Gasteiger partial charge in [0.25, 0.3) is 0 Å². The van der Waals surface area contributed by atoms with Crippen LogP contribution in [0.25, 0.3) is 11.1 Å². The van der Waals surface area contributed by atoms with Crippen LogP contribution in [0.4, 0.5) is 4.79 Å². The number of nitrogens with zero attached hydrogens (tertiary/aromatic N) is 1. The van der Waals surface area contributed by atoms with E-state index in [-0.39, 0.29) is 40.5 Å². The molecule has 6 nitrogen and oxygen atoms in total. The van der Waals surface area contributed by atoms with Crippen LogP contribution in [0.3, 0.4) is 0 Å². The third-order valence-electron chi connectivity index (χ3n) is 19.3. The molecule has 320 valence electrons. The Balaban J connectivity index is 0.955. The molecule has 7 saturated carbocycles. The van der Waals surface area contributed by atoms with Crippen molar-refractivity contribution in [2.45, 2.75) is 122 Å². The van der Waals surface area contributed by atoms with E-state index in [2.05, 4.69) is 85.6 Å². The lowest BCUT2D eigenvalue weighted by atomic mass is 9.32. The minimum Gasteiger partial charge on any atom is -0.393 e. The summed E-state index contributed by atoms with van der Waals surface area (Å²) in [5.74, 6) is 2.61. The fraction of sp³-hybridized carbons (Fsp3) is 0.564. The van der Waals surface area contributed by atoms with Crippen LogP contribution in [0, 0.1) is 56.7 Å². The fourth-order valence-corrected chi connectivity index (χ4v) is 16.7. The summed E-state index contributed by atoms with van der Waals surface area (Å²) in [6.45, 7) is 7.84. The number of urea groups is 1. The highest BCUT2D eigenvalue weighted by Crippen LogP contribution is 2.78. The number of hydrogen-bond donors (Lipinski definition) is 3. The van der Waals surface area contributed by atoms with E-state index in [1.807, 2.05) is 48.5 Å². The molecular formula is C55H66N2O4. The normalized spacial score (nSPS) is 41.6. The van der Waals surface area contributed by atoms with Gasteiger partial charge in [0, 0.05) is 33.9 Å². The zero-order chi connectivity index (χ0) is 42.0. The van der Waals surface area contributed by atoms with Crippen LogP contribution in [0.2, 0.25) is 0 Å². The largest absolute Gasteiger partial charge is 0.393 e. The van der Waals surface area contributed by atoms with Crippen molar-refractivity contribution in [3.05, 3.63) is 120 Å². The number of allylic oxidation sites excluding steroid dienone is 4. The van der Waals surface area contributed by atoms with E-state index in [4.69, 9.17) is 0 Å².